The predicted molar refractivity (Wildman–Crippen MR) is 42.8 cm³/mol. The second-order valence-electron chi connectivity index (χ2n) is 1.86. The molecule has 0 heterocycles. The smallest absolute Gasteiger partial charge is 0.209 e. The Morgan fingerprint density at radius 2 is 2.00 bits per heavy atom. The minimum Gasteiger partial charge on any atom is -0.422 e. The molecule has 0 aliphatic rings. The third kappa shape index (κ3) is 2.22. The van der Waals surface area contributed by atoms with Crippen LogP contribution in [0, 0.1) is 0 Å². The maximum Gasteiger partial charge on any atom is 0.209 e. The molecule has 10 heavy (non-hydrogen) atoms. The van der Waals surface area contributed by atoms with E-state index in [2.05, 4.69) is 6.58 Å². The standard InChI is InChI=1S/C6H14O3Si/c1-4-6(7-2,8-3)5-9-10/h4H,1,5H2,2-3,10H3. The Bertz CT molecular complexity index is 101. The lowest BCUT2D eigenvalue weighted by Gasteiger charge is -2.26. The average Bonchev–Trinajstić information content (AvgIpc) is 2.01. The fourth-order valence-electron chi connectivity index (χ4n) is 0.628. The summed E-state index contributed by atoms with van der Waals surface area (Å²) in [6.45, 7) is 3.99. The van der Waals surface area contributed by atoms with Crippen molar-refractivity contribution in [2.24, 2.45) is 0 Å². The first-order valence-electron chi connectivity index (χ1n) is 2.97. The first-order valence-corrected chi connectivity index (χ1v) is 3.79. The molecule has 0 radical (unpaired) electrons. The largest absolute Gasteiger partial charge is 0.422 e. The second kappa shape index (κ2) is 4.62. The Labute approximate surface area is 64.5 Å². The van der Waals surface area contributed by atoms with Gasteiger partial charge in [-0.05, 0) is 6.08 Å². The molecular formula is C6H14O3Si. The Hall–Kier alpha value is -0.163. The Morgan fingerprint density at radius 3 is 2.10 bits per heavy atom. The molecule has 0 amide bonds. The van der Waals surface area contributed by atoms with E-state index in [0.29, 0.717) is 17.1 Å². The van der Waals surface area contributed by atoms with E-state index < -0.39 is 5.79 Å². The summed E-state index contributed by atoms with van der Waals surface area (Å²) in [5, 5.41) is 0. The molecule has 60 valence electrons. The van der Waals surface area contributed by atoms with E-state index in [-0.39, 0.29) is 0 Å². The maximum absolute atomic E-state index is 5.03. The van der Waals surface area contributed by atoms with Crippen LogP contribution in [0.1, 0.15) is 0 Å². The van der Waals surface area contributed by atoms with E-state index in [9.17, 15) is 0 Å². The molecule has 0 aromatic rings. The minimum atomic E-state index is -0.748. The van der Waals surface area contributed by atoms with Crippen LogP contribution in [0.15, 0.2) is 12.7 Å². The molecule has 0 saturated heterocycles. The van der Waals surface area contributed by atoms with Crippen LogP contribution in [0.5, 0.6) is 0 Å². The molecule has 0 unspecified atom stereocenters. The first-order chi connectivity index (χ1) is 4.74. The van der Waals surface area contributed by atoms with Crippen LogP contribution in [-0.2, 0) is 13.9 Å². The minimum absolute atomic E-state index is 0.412. The summed E-state index contributed by atoms with van der Waals surface area (Å²) in [6.07, 6.45) is 1.59. The molecule has 0 saturated carbocycles. The van der Waals surface area contributed by atoms with Crippen LogP contribution in [0.4, 0.5) is 0 Å². The third-order valence-electron chi connectivity index (χ3n) is 1.35. The highest BCUT2D eigenvalue weighted by atomic mass is 28.2. The highest BCUT2D eigenvalue weighted by Gasteiger charge is 2.24. The fraction of sp³-hybridized carbons (Fsp3) is 0.667. The van der Waals surface area contributed by atoms with E-state index in [1.807, 2.05) is 0 Å². The SMILES string of the molecule is C=CC(CO[SiH3])(OC)OC. The molecule has 0 spiro atoms. The maximum atomic E-state index is 5.03. The van der Waals surface area contributed by atoms with Crippen LogP contribution in [0.2, 0.25) is 0 Å². The van der Waals surface area contributed by atoms with Crippen LogP contribution >= 0.6 is 0 Å². The second-order valence-corrected chi connectivity index (χ2v) is 2.43. The zero-order valence-corrected chi connectivity index (χ0v) is 8.72. The number of methoxy groups -OCH3 is 2. The van der Waals surface area contributed by atoms with Crippen molar-refractivity contribution in [3.8, 4) is 0 Å². The normalized spacial score (nSPS) is 11.8. The summed E-state index contributed by atoms with van der Waals surface area (Å²) in [4.78, 5) is 0. The van der Waals surface area contributed by atoms with Gasteiger partial charge >= 0.3 is 0 Å². The molecule has 3 nitrogen and oxygen atoms in total. The van der Waals surface area contributed by atoms with Crippen LogP contribution < -0.4 is 0 Å². The van der Waals surface area contributed by atoms with E-state index in [1.54, 1.807) is 20.3 Å². The quantitative estimate of drug-likeness (QED) is 0.309. The molecule has 0 aliphatic heterocycles. The average molecular weight is 162 g/mol. The molecule has 0 atom stereocenters. The van der Waals surface area contributed by atoms with E-state index >= 15 is 0 Å². The molecule has 0 fully saturated rings. The lowest BCUT2D eigenvalue weighted by atomic mass is 10.3. The van der Waals surface area contributed by atoms with Crippen LogP contribution in [0.25, 0.3) is 0 Å². The van der Waals surface area contributed by atoms with Crippen molar-refractivity contribution in [1.82, 2.24) is 0 Å². The van der Waals surface area contributed by atoms with Gasteiger partial charge in [0.2, 0.25) is 5.79 Å². The van der Waals surface area contributed by atoms with E-state index in [1.165, 1.54) is 0 Å². The van der Waals surface area contributed by atoms with Crippen LogP contribution in [0.3, 0.4) is 0 Å². The third-order valence-corrected chi connectivity index (χ3v) is 1.64. The summed E-state index contributed by atoms with van der Waals surface area (Å²) in [5.74, 6) is -0.748. The van der Waals surface area contributed by atoms with E-state index in [0.717, 1.165) is 0 Å². The summed E-state index contributed by atoms with van der Waals surface area (Å²) < 4.78 is 15.1. The van der Waals surface area contributed by atoms with Gasteiger partial charge in [-0.2, -0.15) is 0 Å². The number of hydrogen-bond acceptors (Lipinski definition) is 3. The first kappa shape index (κ1) is 9.84. The van der Waals surface area contributed by atoms with Crippen molar-refractivity contribution < 1.29 is 13.9 Å². The summed E-state index contributed by atoms with van der Waals surface area (Å²) in [6, 6.07) is 0. The summed E-state index contributed by atoms with van der Waals surface area (Å²) >= 11 is 0. The Morgan fingerprint density at radius 1 is 1.50 bits per heavy atom. The molecule has 0 bridgehead atoms. The molecule has 0 aromatic carbocycles. The summed E-state index contributed by atoms with van der Waals surface area (Å²) in [5.41, 5.74) is 0. The lowest BCUT2D eigenvalue weighted by molar-refractivity contribution is -0.186. The van der Waals surface area contributed by atoms with Gasteiger partial charge in [0, 0.05) is 14.2 Å². The monoisotopic (exact) mass is 162 g/mol. The zero-order valence-electron chi connectivity index (χ0n) is 6.72. The van der Waals surface area contributed by atoms with Gasteiger partial charge in [0.1, 0.15) is 10.5 Å². The van der Waals surface area contributed by atoms with Gasteiger partial charge in [-0.1, -0.05) is 6.58 Å². The molecule has 0 rings (SSSR count). The lowest BCUT2D eigenvalue weighted by Crippen LogP contribution is -2.36. The van der Waals surface area contributed by atoms with Crippen LogP contribution in [-0.4, -0.2) is 37.1 Å². The zero-order chi connectivity index (χ0) is 8.04. The van der Waals surface area contributed by atoms with Gasteiger partial charge in [0.15, 0.2) is 0 Å². The highest BCUT2D eigenvalue weighted by Crippen LogP contribution is 2.11. The number of ether oxygens (including phenoxy) is 2. The molecule has 0 aromatic heterocycles. The van der Waals surface area contributed by atoms with Gasteiger partial charge in [-0.3, -0.25) is 0 Å². The van der Waals surface area contributed by atoms with Crippen molar-refractivity contribution in [3.63, 3.8) is 0 Å². The van der Waals surface area contributed by atoms with E-state index in [4.69, 9.17) is 13.9 Å². The number of hydrogen-bond donors (Lipinski definition) is 0. The van der Waals surface area contributed by atoms with Crippen molar-refractivity contribution in [3.05, 3.63) is 12.7 Å². The topological polar surface area (TPSA) is 27.7 Å². The molecular weight excluding hydrogens is 148 g/mol. The van der Waals surface area contributed by atoms with Crippen molar-refractivity contribution in [2.45, 2.75) is 5.79 Å². The Kier molecular flexibility index (Phi) is 4.55. The highest BCUT2D eigenvalue weighted by molar-refractivity contribution is 5.97. The molecule has 0 N–H and O–H groups in total. The van der Waals surface area contributed by atoms with Gasteiger partial charge in [-0.15, -0.1) is 0 Å². The number of rotatable bonds is 5. The van der Waals surface area contributed by atoms with Gasteiger partial charge < -0.3 is 13.9 Å². The molecule has 4 heteroatoms. The predicted octanol–water partition coefficient (Wildman–Crippen LogP) is -0.542. The summed E-state index contributed by atoms with van der Waals surface area (Å²) in [7, 11) is 3.80. The van der Waals surface area contributed by atoms with Crippen molar-refractivity contribution >= 4 is 10.5 Å². The van der Waals surface area contributed by atoms with Gasteiger partial charge in [0.25, 0.3) is 0 Å². The Balaban J connectivity index is 4.00. The van der Waals surface area contributed by atoms with Gasteiger partial charge in [-0.25, -0.2) is 0 Å². The fourth-order valence-corrected chi connectivity index (χ4v) is 1.03. The van der Waals surface area contributed by atoms with Crippen molar-refractivity contribution in [1.29, 1.82) is 0 Å². The van der Waals surface area contributed by atoms with Crippen molar-refractivity contribution in [2.75, 3.05) is 20.8 Å². The molecule has 0 aliphatic carbocycles. The van der Waals surface area contributed by atoms with Gasteiger partial charge in [0.05, 0.1) is 6.61 Å².